The summed E-state index contributed by atoms with van der Waals surface area (Å²) in [4.78, 5) is 12.4. The fraction of sp³-hybridized carbons (Fsp3) is 0.615. The third-order valence-corrected chi connectivity index (χ3v) is 3.97. The van der Waals surface area contributed by atoms with Gasteiger partial charge in [-0.25, -0.2) is 15.0 Å². The highest BCUT2D eigenvalue weighted by molar-refractivity contribution is 5.81. The van der Waals surface area contributed by atoms with Crippen molar-refractivity contribution in [3.63, 3.8) is 0 Å². The zero-order valence-electron chi connectivity index (χ0n) is 12.2. The van der Waals surface area contributed by atoms with E-state index in [0.29, 0.717) is 17.0 Å². The molecule has 3 N–H and O–H groups in total. The Bertz CT molecular complexity index is 718. The second kappa shape index (κ2) is 4.59. The fourth-order valence-electron chi connectivity index (χ4n) is 3.09. The van der Waals surface area contributed by atoms with E-state index in [4.69, 9.17) is 19.9 Å². The molecule has 118 valence electrons. The Morgan fingerprint density at radius 2 is 2.05 bits per heavy atom. The normalized spacial score (nSPS) is 33.4. The number of nitrogen functional groups attached to an aromatic ring is 1. The predicted octanol–water partition coefficient (Wildman–Crippen LogP) is -0.182. The van der Waals surface area contributed by atoms with E-state index < -0.39 is 18.1 Å². The summed E-state index contributed by atoms with van der Waals surface area (Å²) in [6.45, 7) is 3.52. The highest BCUT2D eigenvalue weighted by Gasteiger charge is 2.55. The second-order valence-electron chi connectivity index (χ2n) is 5.90. The third-order valence-electron chi connectivity index (χ3n) is 3.97. The molecule has 22 heavy (non-hydrogen) atoms. The molecule has 2 aliphatic rings. The standard InChI is InChI=1S/C13H17N5O4/c1-13(2)21-8-6(3-19)20-12(9(8)22-13)18-5-17-7-10(14)15-4-16-11(7)18/h4-6,8-9,12,19H,3H2,1-2H3,(H2,14,15,16)/t6-,8+,9-,12+/m1/s1. The van der Waals surface area contributed by atoms with Gasteiger partial charge in [-0.1, -0.05) is 0 Å². The minimum Gasteiger partial charge on any atom is -0.394 e. The summed E-state index contributed by atoms with van der Waals surface area (Å²) >= 11 is 0. The van der Waals surface area contributed by atoms with Crippen molar-refractivity contribution in [1.82, 2.24) is 19.5 Å². The van der Waals surface area contributed by atoms with Gasteiger partial charge in [0.1, 0.15) is 30.2 Å². The van der Waals surface area contributed by atoms with Crippen LogP contribution in [0.3, 0.4) is 0 Å². The molecule has 9 nitrogen and oxygen atoms in total. The van der Waals surface area contributed by atoms with Crippen LogP contribution in [0.15, 0.2) is 12.7 Å². The van der Waals surface area contributed by atoms with Gasteiger partial charge >= 0.3 is 0 Å². The van der Waals surface area contributed by atoms with E-state index in [9.17, 15) is 5.11 Å². The van der Waals surface area contributed by atoms with Crippen LogP contribution in [-0.2, 0) is 14.2 Å². The van der Waals surface area contributed by atoms with Gasteiger partial charge in [0.15, 0.2) is 23.5 Å². The topological polar surface area (TPSA) is 118 Å². The molecule has 0 aromatic carbocycles. The Morgan fingerprint density at radius 3 is 2.82 bits per heavy atom. The lowest BCUT2D eigenvalue weighted by Crippen LogP contribution is -2.31. The van der Waals surface area contributed by atoms with Crippen molar-refractivity contribution >= 4 is 17.0 Å². The monoisotopic (exact) mass is 307 g/mol. The molecule has 2 aliphatic heterocycles. The highest BCUT2D eigenvalue weighted by Crippen LogP contribution is 2.43. The number of aromatic nitrogens is 4. The highest BCUT2D eigenvalue weighted by atomic mass is 16.8. The molecule has 4 atom stereocenters. The zero-order chi connectivity index (χ0) is 15.5. The average Bonchev–Trinajstić information content (AvgIpc) is 3.10. The minimum atomic E-state index is -0.727. The third kappa shape index (κ3) is 1.90. The molecule has 2 aromatic rings. The van der Waals surface area contributed by atoms with Crippen LogP contribution in [0.2, 0.25) is 0 Å². The largest absolute Gasteiger partial charge is 0.394 e. The van der Waals surface area contributed by atoms with Crippen LogP contribution in [0.1, 0.15) is 20.1 Å². The minimum absolute atomic E-state index is 0.152. The van der Waals surface area contributed by atoms with Crippen LogP contribution in [-0.4, -0.2) is 55.3 Å². The number of anilines is 1. The van der Waals surface area contributed by atoms with E-state index in [0.717, 1.165) is 0 Å². The van der Waals surface area contributed by atoms with E-state index in [1.807, 2.05) is 13.8 Å². The summed E-state index contributed by atoms with van der Waals surface area (Å²) in [5.41, 5.74) is 6.87. The molecule has 0 bridgehead atoms. The number of ether oxygens (including phenoxy) is 3. The van der Waals surface area contributed by atoms with Crippen molar-refractivity contribution in [2.45, 2.75) is 44.2 Å². The van der Waals surface area contributed by atoms with Gasteiger partial charge in [0.2, 0.25) is 0 Å². The number of nitrogens with two attached hydrogens (primary N) is 1. The van der Waals surface area contributed by atoms with Crippen molar-refractivity contribution in [3.8, 4) is 0 Å². The number of aliphatic hydroxyl groups excluding tert-OH is 1. The molecule has 4 heterocycles. The number of hydrogen-bond donors (Lipinski definition) is 2. The van der Waals surface area contributed by atoms with Crippen molar-refractivity contribution < 1.29 is 19.3 Å². The summed E-state index contributed by atoms with van der Waals surface area (Å²) in [5, 5.41) is 9.52. The lowest BCUT2D eigenvalue weighted by atomic mass is 10.1. The average molecular weight is 307 g/mol. The van der Waals surface area contributed by atoms with Gasteiger partial charge in [-0.15, -0.1) is 0 Å². The number of nitrogens with zero attached hydrogens (tertiary/aromatic N) is 4. The lowest BCUT2D eigenvalue weighted by Gasteiger charge is -2.24. The summed E-state index contributed by atoms with van der Waals surface area (Å²) in [6.07, 6.45) is 1.30. The van der Waals surface area contributed by atoms with Crippen LogP contribution in [0, 0.1) is 0 Å². The van der Waals surface area contributed by atoms with E-state index >= 15 is 0 Å². The van der Waals surface area contributed by atoms with Crippen molar-refractivity contribution in [1.29, 1.82) is 0 Å². The molecular formula is C13H17N5O4. The lowest BCUT2D eigenvalue weighted by molar-refractivity contribution is -0.199. The molecule has 0 radical (unpaired) electrons. The Labute approximate surface area is 126 Å². The number of hydrogen-bond acceptors (Lipinski definition) is 8. The molecule has 2 fully saturated rings. The molecule has 9 heteroatoms. The molecule has 0 amide bonds. The number of fused-ring (bicyclic) bond motifs is 2. The quantitative estimate of drug-likeness (QED) is 0.784. The summed E-state index contributed by atoms with van der Waals surface area (Å²) in [6, 6.07) is 0. The van der Waals surface area contributed by atoms with Crippen LogP contribution in [0.5, 0.6) is 0 Å². The molecule has 2 aromatic heterocycles. The molecule has 0 spiro atoms. The van der Waals surface area contributed by atoms with Crippen LogP contribution in [0.25, 0.3) is 11.2 Å². The number of imidazole rings is 1. The fourth-order valence-corrected chi connectivity index (χ4v) is 3.09. The maximum Gasteiger partial charge on any atom is 0.167 e. The van der Waals surface area contributed by atoms with E-state index in [-0.39, 0.29) is 18.8 Å². The van der Waals surface area contributed by atoms with Gasteiger partial charge in [0, 0.05) is 0 Å². The van der Waals surface area contributed by atoms with E-state index in [1.165, 1.54) is 6.33 Å². The molecule has 0 saturated carbocycles. The van der Waals surface area contributed by atoms with Gasteiger partial charge in [0.25, 0.3) is 0 Å². The smallest absolute Gasteiger partial charge is 0.167 e. The maximum atomic E-state index is 9.52. The van der Waals surface area contributed by atoms with Crippen LogP contribution >= 0.6 is 0 Å². The van der Waals surface area contributed by atoms with Crippen molar-refractivity contribution in [3.05, 3.63) is 12.7 Å². The van der Waals surface area contributed by atoms with Gasteiger partial charge in [-0.2, -0.15) is 0 Å². The Balaban J connectivity index is 1.77. The van der Waals surface area contributed by atoms with Crippen molar-refractivity contribution in [2.75, 3.05) is 12.3 Å². The van der Waals surface area contributed by atoms with Gasteiger partial charge in [0.05, 0.1) is 12.9 Å². The van der Waals surface area contributed by atoms with Crippen LogP contribution < -0.4 is 5.73 Å². The van der Waals surface area contributed by atoms with Crippen LogP contribution in [0.4, 0.5) is 5.82 Å². The Kier molecular flexibility index (Phi) is 2.89. The first kappa shape index (κ1) is 13.8. The summed E-state index contributed by atoms with van der Waals surface area (Å²) < 4.78 is 19.4. The van der Waals surface area contributed by atoms with E-state index in [1.54, 1.807) is 10.9 Å². The second-order valence-corrected chi connectivity index (χ2v) is 5.90. The Hall–Kier alpha value is -1.81. The molecular weight excluding hydrogens is 290 g/mol. The van der Waals surface area contributed by atoms with E-state index in [2.05, 4.69) is 15.0 Å². The SMILES string of the molecule is CC1(C)O[C@@H]2[C@@H](O1)[C@@H](n1cnc3c(N)ncnc31)O[C@@H]2CO. The molecule has 0 unspecified atom stereocenters. The predicted molar refractivity (Wildman–Crippen MR) is 74.6 cm³/mol. The summed E-state index contributed by atoms with van der Waals surface area (Å²) in [5.74, 6) is -0.421. The molecule has 4 rings (SSSR count). The van der Waals surface area contributed by atoms with Crippen molar-refractivity contribution in [2.24, 2.45) is 0 Å². The van der Waals surface area contributed by atoms with Gasteiger partial charge in [-0.05, 0) is 13.8 Å². The number of rotatable bonds is 2. The van der Waals surface area contributed by atoms with Gasteiger partial charge < -0.3 is 25.1 Å². The first-order valence-corrected chi connectivity index (χ1v) is 7.05. The first-order valence-electron chi connectivity index (χ1n) is 7.05. The zero-order valence-corrected chi connectivity index (χ0v) is 12.2. The van der Waals surface area contributed by atoms with Gasteiger partial charge in [-0.3, -0.25) is 4.57 Å². The molecule has 0 aliphatic carbocycles. The molecule has 2 saturated heterocycles. The number of aliphatic hydroxyl groups is 1. The first-order chi connectivity index (χ1) is 10.5. The maximum absolute atomic E-state index is 9.52. The summed E-state index contributed by atoms with van der Waals surface area (Å²) in [7, 11) is 0. The Morgan fingerprint density at radius 1 is 1.27 bits per heavy atom.